The Morgan fingerprint density at radius 3 is 3.09 bits per heavy atom. The minimum absolute atomic E-state index is 0.269. The average Bonchev–Trinajstić information content (AvgIpc) is 2.04. The molecule has 1 atom stereocenters. The molecular formula is C8H9BrO2. The molecule has 0 aromatic rings. The highest BCUT2D eigenvalue weighted by molar-refractivity contribution is 9.06. The molecule has 1 unspecified atom stereocenters. The van der Waals surface area contributed by atoms with Gasteiger partial charge >= 0.3 is 5.97 Å². The van der Waals surface area contributed by atoms with Gasteiger partial charge in [0, 0.05) is 5.57 Å². The van der Waals surface area contributed by atoms with E-state index in [4.69, 9.17) is 0 Å². The largest absolute Gasteiger partial charge is 0.380 e. The molecule has 0 spiro atoms. The number of allylic oxidation sites excluding steroid dienone is 3. The van der Waals surface area contributed by atoms with Crippen LogP contribution in [0.15, 0.2) is 23.8 Å². The molecule has 0 saturated heterocycles. The van der Waals surface area contributed by atoms with Crippen LogP contribution in [0.1, 0.15) is 13.3 Å². The van der Waals surface area contributed by atoms with Gasteiger partial charge in [0.2, 0.25) is 0 Å². The van der Waals surface area contributed by atoms with E-state index < -0.39 is 0 Å². The highest BCUT2D eigenvalue weighted by Gasteiger charge is 2.17. The molecule has 11 heavy (non-hydrogen) atoms. The highest BCUT2D eigenvalue weighted by Crippen LogP contribution is 2.21. The van der Waals surface area contributed by atoms with Crippen molar-refractivity contribution in [3.05, 3.63) is 23.8 Å². The van der Waals surface area contributed by atoms with Crippen LogP contribution in [-0.4, -0.2) is 5.97 Å². The van der Waals surface area contributed by atoms with E-state index >= 15 is 0 Å². The lowest BCUT2D eigenvalue weighted by molar-refractivity contribution is -0.128. The maximum Gasteiger partial charge on any atom is 0.345 e. The maximum absolute atomic E-state index is 11.0. The molecule has 0 bridgehead atoms. The van der Waals surface area contributed by atoms with Crippen LogP contribution >= 0.6 is 16.3 Å². The van der Waals surface area contributed by atoms with E-state index in [1.54, 1.807) is 6.08 Å². The zero-order valence-electron chi connectivity index (χ0n) is 6.21. The normalized spacial score (nSPS) is 22.7. The molecule has 0 amide bonds. The van der Waals surface area contributed by atoms with E-state index in [-0.39, 0.29) is 11.9 Å². The monoisotopic (exact) mass is 216 g/mol. The Morgan fingerprint density at radius 1 is 1.82 bits per heavy atom. The van der Waals surface area contributed by atoms with Gasteiger partial charge in [0.25, 0.3) is 0 Å². The molecule has 1 aliphatic rings. The van der Waals surface area contributed by atoms with Crippen LogP contribution < -0.4 is 0 Å². The molecule has 1 rings (SSSR count). The molecule has 0 fully saturated rings. The number of hydrogen-bond acceptors (Lipinski definition) is 2. The molecule has 1 aliphatic carbocycles. The van der Waals surface area contributed by atoms with Gasteiger partial charge in [0.05, 0.1) is 0 Å². The predicted octanol–water partition coefficient (Wildman–Crippen LogP) is 2.36. The van der Waals surface area contributed by atoms with Crippen molar-refractivity contribution in [1.82, 2.24) is 0 Å². The van der Waals surface area contributed by atoms with Gasteiger partial charge in [-0.3, -0.25) is 0 Å². The Balaban J connectivity index is 2.75. The Kier molecular flexibility index (Phi) is 2.88. The molecule has 0 heterocycles. The van der Waals surface area contributed by atoms with Crippen LogP contribution in [0.2, 0.25) is 0 Å². The average molecular weight is 217 g/mol. The third-order valence-electron chi connectivity index (χ3n) is 1.74. The lowest BCUT2D eigenvalue weighted by Crippen LogP contribution is -2.11. The minimum Gasteiger partial charge on any atom is -0.380 e. The van der Waals surface area contributed by atoms with E-state index in [1.165, 1.54) is 0 Å². The van der Waals surface area contributed by atoms with Crippen molar-refractivity contribution in [3.63, 3.8) is 0 Å². The van der Waals surface area contributed by atoms with Crippen molar-refractivity contribution in [3.8, 4) is 0 Å². The van der Waals surface area contributed by atoms with Crippen LogP contribution in [0.4, 0.5) is 0 Å². The van der Waals surface area contributed by atoms with Gasteiger partial charge in [-0.05, 0) is 12.3 Å². The number of carbonyl (C=O) groups is 1. The molecule has 0 N–H and O–H groups in total. The summed E-state index contributed by atoms with van der Waals surface area (Å²) < 4.78 is 4.43. The van der Waals surface area contributed by atoms with Crippen LogP contribution in [0.25, 0.3) is 0 Å². The van der Waals surface area contributed by atoms with Gasteiger partial charge in [-0.1, -0.05) is 25.2 Å². The summed E-state index contributed by atoms with van der Waals surface area (Å²) in [6.07, 6.45) is 6.61. The minimum atomic E-state index is -0.290. The molecule has 0 aromatic heterocycles. The molecule has 0 saturated carbocycles. The summed E-state index contributed by atoms with van der Waals surface area (Å²) in [5.74, 6) is -0.0214. The summed E-state index contributed by atoms with van der Waals surface area (Å²) in [6, 6.07) is 0. The highest BCUT2D eigenvalue weighted by atomic mass is 79.9. The lowest BCUT2D eigenvalue weighted by atomic mass is 9.94. The molecule has 3 heteroatoms. The fourth-order valence-electron chi connectivity index (χ4n) is 1.06. The molecular weight excluding hydrogens is 208 g/mol. The van der Waals surface area contributed by atoms with Gasteiger partial charge in [0.1, 0.15) is 0 Å². The summed E-state index contributed by atoms with van der Waals surface area (Å²) in [5, 5.41) is 0. The predicted molar refractivity (Wildman–Crippen MR) is 46.0 cm³/mol. The maximum atomic E-state index is 11.0. The first-order valence-electron chi connectivity index (χ1n) is 3.45. The summed E-state index contributed by atoms with van der Waals surface area (Å²) in [6.45, 7) is 2.00. The molecule has 0 radical (unpaired) electrons. The van der Waals surface area contributed by atoms with Crippen molar-refractivity contribution in [2.45, 2.75) is 13.3 Å². The first-order valence-corrected chi connectivity index (χ1v) is 4.10. The summed E-state index contributed by atoms with van der Waals surface area (Å²) in [5.41, 5.74) is 0.726. The SMILES string of the molecule is CC1CC=CC=C1C(=O)OBr. The summed E-state index contributed by atoms with van der Waals surface area (Å²) >= 11 is 2.66. The second-order valence-electron chi connectivity index (χ2n) is 2.55. The second kappa shape index (κ2) is 3.72. The molecule has 60 valence electrons. The van der Waals surface area contributed by atoms with Gasteiger partial charge < -0.3 is 3.83 Å². The molecule has 0 aromatic carbocycles. The summed E-state index contributed by atoms with van der Waals surface area (Å²) in [4.78, 5) is 11.0. The Bertz CT molecular complexity index is 218. The van der Waals surface area contributed by atoms with Gasteiger partial charge in [0.15, 0.2) is 16.3 Å². The van der Waals surface area contributed by atoms with Crippen molar-refractivity contribution < 1.29 is 8.62 Å². The van der Waals surface area contributed by atoms with E-state index in [1.807, 2.05) is 19.1 Å². The number of halogens is 1. The fourth-order valence-corrected chi connectivity index (χ4v) is 1.25. The van der Waals surface area contributed by atoms with Crippen LogP contribution in [0, 0.1) is 5.92 Å². The van der Waals surface area contributed by atoms with E-state index in [2.05, 4.69) is 20.1 Å². The Labute approximate surface area is 74.4 Å². The number of hydrogen-bond donors (Lipinski definition) is 0. The van der Waals surface area contributed by atoms with E-state index in [0.717, 1.165) is 12.0 Å². The third kappa shape index (κ3) is 1.93. The first kappa shape index (κ1) is 8.53. The van der Waals surface area contributed by atoms with Gasteiger partial charge in [-0.2, -0.15) is 0 Å². The summed E-state index contributed by atoms with van der Waals surface area (Å²) in [7, 11) is 0. The lowest BCUT2D eigenvalue weighted by Gasteiger charge is -2.13. The number of rotatable bonds is 1. The Hall–Kier alpha value is -0.570. The zero-order chi connectivity index (χ0) is 8.27. The van der Waals surface area contributed by atoms with E-state index in [0.29, 0.717) is 0 Å². The third-order valence-corrected chi connectivity index (χ3v) is 2.03. The van der Waals surface area contributed by atoms with Crippen LogP contribution in [0.3, 0.4) is 0 Å². The van der Waals surface area contributed by atoms with E-state index in [9.17, 15) is 4.79 Å². The van der Waals surface area contributed by atoms with Crippen molar-refractivity contribution >= 4 is 22.2 Å². The van der Waals surface area contributed by atoms with Crippen molar-refractivity contribution in [1.29, 1.82) is 0 Å². The smallest absolute Gasteiger partial charge is 0.345 e. The van der Waals surface area contributed by atoms with Crippen LogP contribution in [-0.2, 0) is 8.62 Å². The second-order valence-corrected chi connectivity index (χ2v) is 2.88. The molecule has 0 aliphatic heterocycles. The van der Waals surface area contributed by atoms with Crippen LogP contribution in [0.5, 0.6) is 0 Å². The van der Waals surface area contributed by atoms with Gasteiger partial charge in [-0.15, -0.1) is 0 Å². The topological polar surface area (TPSA) is 26.3 Å². The zero-order valence-corrected chi connectivity index (χ0v) is 7.80. The van der Waals surface area contributed by atoms with Crippen molar-refractivity contribution in [2.24, 2.45) is 5.92 Å². The first-order chi connectivity index (χ1) is 5.25. The quantitative estimate of drug-likeness (QED) is 0.673. The Morgan fingerprint density at radius 2 is 2.55 bits per heavy atom. The standard InChI is InChI=1S/C8H9BrO2/c1-6-4-2-3-5-7(6)8(10)11-9/h2-3,5-6H,4H2,1H3. The molecule has 2 nitrogen and oxygen atoms in total. The van der Waals surface area contributed by atoms with Gasteiger partial charge in [-0.25, -0.2) is 4.79 Å². The van der Waals surface area contributed by atoms with Crippen molar-refractivity contribution in [2.75, 3.05) is 0 Å². The number of carbonyl (C=O) groups excluding carboxylic acids is 1. The fraction of sp³-hybridized carbons (Fsp3) is 0.375.